The Bertz CT molecular complexity index is 1600. The van der Waals surface area contributed by atoms with Crippen LogP contribution in [0, 0.1) is 73.9 Å². The summed E-state index contributed by atoms with van der Waals surface area (Å²) in [6, 6.07) is 0.744. The fourth-order valence-electron chi connectivity index (χ4n) is 20.4. The predicted octanol–water partition coefficient (Wildman–Crippen LogP) is 7.49. The molecule has 8 saturated carbocycles. The summed E-state index contributed by atoms with van der Waals surface area (Å²) < 4.78 is 15.2. The summed E-state index contributed by atoms with van der Waals surface area (Å²) in [5.41, 5.74) is 8.36. The maximum absolute atomic E-state index is 8.26. The van der Waals surface area contributed by atoms with E-state index in [9.17, 15) is 0 Å². The summed E-state index contributed by atoms with van der Waals surface area (Å²) in [6.07, 6.45) is 23.7. The van der Waals surface area contributed by atoms with Crippen molar-refractivity contribution in [2.24, 2.45) is 73.9 Å². The lowest BCUT2D eigenvalue weighted by Crippen LogP contribution is -2.70. The molecular weight excluding hydrogens is 576 g/mol. The van der Waals surface area contributed by atoms with Crippen molar-refractivity contribution < 1.29 is 9.47 Å². The van der Waals surface area contributed by atoms with E-state index in [1.165, 1.54) is 110 Å². The summed E-state index contributed by atoms with van der Waals surface area (Å²) in [7, 11) is 7.03. The maximum Gasteiger partial charge on any atom is 0.0745 e. The third kappa shape index (κ3) is 2.64. The van der Waals surface area contributed by atoms with E-state index in [0.29, 0.717) is 50.6 Å². The molecule has 15 rings (SSSR count). The molecule has 3 heterocycles. The number of ether oxygens (including phenoxy) is 2. The molecule has 15 aliphatic rings. The largest absolute Gasteiger partial charge is 0.381 e. The standard InChI is InChI=1S/C43H60N2O2/c1-37-9-6-10-43-31(37)8-12-40-21-41(29(17-32(40)43)34(46-5)33(40)35(43)45(4)23-37)13-14-42-28-16-27-25-15-24-18-38(2,22-44(3)20-24)26(25)7-11-39(27,19-30(28)42)36(42)47-41/h16,24,28-36H,6-15,17-23H2,1-5H3. The number of piperidine rings is 2. The SMILES string of the molecule is COC1C2CC3C4(CCC5C6(C)CCCC53C(C14)N(C)C6)CC21CCC23C4C=C5C6=C(CCC5(CC42)C3O1)C1(C)CC(C6)CN(C)C1. The van der Waals surface area contributed by atoms with Gasteiger partial charge in [0.05, 0.1) is 17.8 Å². The first kappa shape index (κ1) is 28.0. The highest BCUT2D eigenvalue weighted by atomic mass is 16.5. The first-order valence-corrected chi connectivity index (χ1v) is 20.6. The zero-order valence-electron chi connectivity index (χ0n) is 30.1. The number of likely N-dealkylation sites (tertiary alicyclic amines) is 2. The van der Waals surface area contributed by atoms with Gasteiger partial charge in [-0.2, -0.15) is 0 Å². The molecule has 3 saturated heterocycles. The van der Waals surface area contributed by atoms with E-state index in [-0.39, 0.29) is 5.60 Å². The molecule has 0 aromatic heterocycles. The van der Waals surface area contributed by atoms with Crippen molar-refractivity contribution in [1.29, 1.82) is 0 Å². The van der Waals surface area contributed by atoms with Gasteiger partial charge in [0.2, 0.25) is 0 Å². The van der Waals surface area contributed by atoms with Gasteiger partial charge in [0.1, 0.15) is 0 Å². The van der Waals surface area contributed by atoms with E-state index in [1.54, 1.807) is 0 Å². The third-order valence-electron chi connectivity index (χ3n) is 20.6. The highest BCUT2D eigenvalue weighted by Crippen LogP contribution is 2.88. The van der Waals surface area contributed by atoms with Crippen molar-refractivity contribution in [2.75, 3.05) is 40.8 Å². The average Bonchev–Trinajstić information content (AvgIpc) is 3.55. The molecule has 12 aliphatic carbocycles. The first-order valence-electron chi connectivity index (χ1n) is 20.6. The Morgan fingerprint density at radius 3 is 2.70 bits per heavy atom. The number of hydrogen-bond acceptors (Lipinski definition) is 4. The second kappa shape index (κ2) is 7.88. The molecule has 0 aromatic rings. The van der Waals surface area contributed by atoms with Crippen LogP contribution in [0.3, 0.4) is 0 Å². The molecule has 4 nitrogen and oxygen atoms in total. The Kier molecular flexibility index (Phi) is 4.69. The van der Waals surface area contributed by atoms with Gasteiger partial charge in [-0.15, -0.1) is 0 Å². The molecule has 3 aliphatic heterocycles. The van der Waals surface area contributed by atoms with Gasteiger partial charge >= 0.3 is 0 Å². The lowest BCUT2D eigenvalue weighted by atomic mass is 9.38. The molecule has 0 aromatic carbocycles. The van der Waals surface area contributed by atoms with Crippen molar-refractivity contribution in [2.45, 2.75) is 128 Å². The van der Waals surface area contributed by atoms with Crippen LogP contribution in [-0.4, -0.2) is 74.5 Å². The maximum atomic E-state index is 8.26. The number of fused-ring (bicyclic) bond motifs is 3. The fraction of sp³-hybridized carbons (Fsp3) is 0.907. The minimum Gasteiger partial charge on any atom is -0.381 e. The number of allylic oxidation sites excluding steroid dienone is 2. The van der Waals surface area contributed by atoms with Gasteiger partial charge in [-0.3, -0.25) is 0 Å². The van der Waals surface area contributed by atoms with Crippen LogP contribution < -0.4 is 0 Å². The van der Waals surface area contributed by atoms with Crippen LogP contribution in [0.4, 0.5) is 0 Å². The van der Waals surface area contributed by atoms with Crippen LogP contribution >= 0.6 is 0 Å². The van der Waals surface area contributed by atoms with Crippen LogP contribution in [0.25, 0.3) is 0 Å². The summed E-state index contributed by atoms with van der Waals surface area (Å²) >= 11 is 0. The molecule has 0 radical (unpaired) electrons. The van der Waals surface area contributed by atoms with Crippen molar-refractivity contribution in [3.63, 3.8) is 0 Å². The number of rotatable bonds is 1. The zero-order valence-corrected chi connectivity index (χ0v) is 30.1. The second-order valence-electron chi connectivity index (χ2n) is 21.8. The molecule has 254 valence electrons. The van der Waals surface area contributed by atoms with Gasteiger partial charge < -0.3 is 19.3 Å². The topological polar surface area (TPSA) is 24.9 Å². The van der Waals surface area contributed by atoms with E-state index >= 15 is 0 Å². The Hall–Kier alpha value is -0.680. The Morgan fingerprint density at radius 1 is 0.936 bits per heavy atom. The third-order valence-corrected chi connectivity index (χ3v) is 20.6. The number of nitrogens with zero attached hydrogens (tertiary/aromatic N) is 2. The molecule has 4 heteroatoms. The van der Waals surface area contributed by atoms with E-state index in [1.807, 2.05) is 16.7 Å². The highest BCUT2D eigenvalue weighted by molar-refractivity contribution is 5.56. The summed E-state index contributed by atoms with van der Waals surface area (Å²) in [5, 5.41) is 0. The van der Waals surface area contributed by atoms with E-state index in [4.69, 9.17) is 9.47 Å². The van der Waals surface area contributed by atoms with Gasteiger partial charge in [0.15, 0.2) is 0 Å². The number of methoxy groups -OCH3 is 1. The summed E-state index contributed by atoms with van der Waals surface area (Å²) in [4.78, 5) is 5.58. The van der Waals surface area contributed by atoms with Gasteiger partial charge in [-0.25, -0.2) is 0 Å². The second-order valence-corrected chi connectivity index (χ2v) is 21.8. The molecule has 12 bridgehead atoms. The van der Waals surface area contributed by atoms with Crippen molar-refractivity contribution in [3.05, 3.63) is 22.8 Å². The molecule has 0 amide bonds. The molecule has 47 heavy (non-hydrogen) atoms. The summed E-state index contributed by atoms with van der Waals surface area (Å²) in [6.45, 7) is 9.23. The van der Waals surface area contributed by atoms with E-state index < -0.39 is 0 Å². The minimum atomic E-state index is 0.0566. The molecule has 0 N–H and O–H groups in total. The van der Waals surface area contributed by atoms with Crippen LogP contribution in [0.1, 0.15) is 104 Å². The van der Waals surface area contributed by atoms with Gasteiger partial charge in [-0.1, -0.05) is 31.9 Å². The fourth-order valence-corrected chi connectivity index (χ4v) is 20.4. The Morgan fingerprint density at radius 2 is 1.83 bits per heavy atom. The van der Waals surface area contributed by atoms with Gasteiger partial charge in [0, 0.05) is 60.9 Å². The minimum absolute atomic E-state index is 0.0566. The van der Waals surface area contributed by atoms with Crippen LogP contribution in [0.5, 0.6) is 0 Å². The zero-order chi connectivity index (χ0) is 31.3. The molecule has 11 fully saturated rings. The quantitative estimate of drug-likeness (QED) is 0.298. The molecule has 17 unspecified atom stereocenters. The Labute approximate surface area is 283 Å². The lowest BCUT2D eigenvalue weighted by Gasteiger charge is -2.70. The predicted molar refractivity (Wildman–Crippen MR) is 182 cm³/mol. The Balaban J connectivity index is 0.914. The average molecular weight is 637 g/mol. The van der Waals surface area contributed by atoms with Crippen LogP contribution in [-0.2, 0) is 9.47 Å². The van der Waals surface area contributed by atoms with Gasteiger partial charge in [0.25, 0.3) is 0 Å². The number of hydrogen-bond donors (Lipinski definition) is 0. The monoisotopic (exact) mass is 636 g/mol. The van der Waals surface area contributed by atoms with E-state index in [2.05, 4.69) is 50.9 Å². The highest BCUT2D eigenvalue weighted by Gasteiger charge is 2.87. The van der Waals surface area contributed by atoms with Gasteiger partial charge in [-0.05, 0) is 155 Å². The lowest BCUT2D eigenvalue weighted by molar-refractivity contribution is -0.308. The first-order chi connectivity index (χ1) is 22.6. The van der Waals surface area contributed by atoms with Crippen LogP contribution in [0.15, 0.2) is 22.8 Å². The van der Waals surface area contributed by atoms with E-state index in [0.717, 1.165) is 41.5 Å². The van der Waals surface area contributed by atoms with Crippen molar-refractivity contribution >= 4 is 0 Å². The molecular formula is C43H60N2O2. The normalized spacial score (nSPS) is 66.3. The molecule has 5 spiro atoms. The smallest absolute Gasteiger partial charge is 0.0745 e. The molecule has 17 atom stereocenters. The van der Waals surface area contributed by atoms with Crippen LogP contribution in [0.2, 0.25) is 0 Å². The van der Waals surface area contributed by atoms with Crippen molar-refractivity contribution in [1.82, 2.24) is 9.80 Å². The summed E-state index contributed by atoms with van der Waals surface area (Å²) in [5.74, 6) is 5.76. The van der Waals surface area contributed by atoms with Crippen molar-refractivity contribution in [3.8, 4) is 0 Å².